The van der Waals surface area contributed by atoms with Crippen LogP contribution in [-0.2, 0) is 0 Å². The normalized spacial score (nSPS) is 42.0. The molecular formula is C14H26O. The number of hydrogen-bond acceptors (Lipinski definition) is 1. The Bertz CT molecular complexity index is 202. The largest absolute Gasteiger partial charge is 0.396 e. The maximum atomic E-state index is 9.53. The molecule has 0 aromatic rings. The van der Waals surface area contributed by atoms with E-state index in [1.165, 1.54) is 57.8 Å². The lowest BCUT2D eigenvalue weighted by molar-refractivity contribution is 0.00333. The molecule has 0 aliphatic heterocycles. The van der Waals surface area contributed by atoms with Gasteiger partial charge in [-0.3, -0.25) is 0 Å². The monoisotopic (exact) mass is 210 g/mol. The van der Waals surface area contributed by atoms with E-state index in [1.54, 1.807) is 0 Å². The molecule has 2 rings (SSSR count). The highest BCUT2D eigenvalue weighted by Gasteiger charge is 2.43. The number of fused-ring (bicyclic) bond motifs is 1. The summed E-state index contributed by atoms with van der Waals surface area (Å²) in [5.74, 6) is 1.46. The Hall–Kier alpha value is -0.0400. The van der Waals surface area contributed by atoms with Crippen LogP contribution in [0.2, 0.25) is 0 Å². The van der Waals surface area contributed by atoms with Gasteiger partial charge >= 0.3 is 0 Å². The van der Waals surface area contributed by atoms with E-state index < -0.39 is 0 Å². The highest BCUT2D eigenvalue weighted by molar-refractivity contribution is 4.94. The molecule has 1 heteroatoms. The van der Waals surface area contributed by atoms with Crippen LogP contribution in [0.3, 0.4) is 0 Å². The van der Waals surface area contributed by atoms with Crippen molar-refractivity contribution in [2.75, 3.05) is 6.61 Å². The Labute approximate surface area is 94.3 Å². The van der Waals surface area contributed by atoms with Crippen LogP contribution in [0.5, 0.6) is 0 Å². The minimum atomic E-state index is 0.437. The fraction of sp³-hybridized carbons (Fsp3) is 1.00. The zero-order chi connectivity index (χ0) is 10.7. The van der Waals surface area contributed by atoms with Gasteiger partial charge in [-0.2, -0.15) is 0 Å². The van der Waals surface area contributed by atoms with Crippen LogP contribution in [0.15, 0.2) is 0 Å². The van der Waals surface area contributed by atoms with Crippen LogP contribution in [0, 0.1) is 17.3 Å². The van der Waals surface area contributed by atoms with E-state index in [0.717, 1.165) is 5.92 Å². The lowest BCUT2D eigenvalue weighted by Crippen LogP contribution is -2.39. The molecule has 0 aromatic heterocycles. The molecular weight excluding hydrogens is 184 g/mol. The van der Waals surface area contributed by atoms with Crippen LogP contribution < -0.4 is 0 Å². The maximum Gasteiger partial charge on any atom is 0.0462 e. The summed E-state index contributed by atoms with van der Waals surface area (Å²) in [5, 5.41) is 9.53. The summed E-state index contributed by atoms with van der Waals surface area (Å²) >= 11 is 0. The minimum absolute atomic E-state index is 0.437. The van der Waals surface area contributed by atoms with Crippen molar-refractivity contribution in [3.05, 3.63) is 0 Å². The Morgan fingerprint density at radius 1 is 1.07 bits per heavy atom. The van der Waals surface area contributed by atoms with Crippen molar-refractivity contribution < 1.29 is 5.11 Å². The summed E-state index contributed by atoms with van der Waals surface area (Å²) < 4.78 is 0. The standard InChI is InChI=1S/C14H26O/c1-2-14-9-5-3-4-8-13(14)12(11-15)7-6-10-14/h12-13,15H,2-11H2,1H3. The summed E-state index contributed by atoms with van der Waals surface area (Å²) in [4.78, 5) is 0. The Morgan fingerprint density at radius 3 is 2.60 bits per heavy atom. The Morgan fingerprint density at radius 2 is 1.87 bits per heavy atom. The summed E-state index contributed by atoms with van der Waals surface area (Å²) in [6.45, 7) is 2.81. The summed E-state index contributed by atoms with van der Waals surface area (Å²) in [5.41, 5.74) is 0.613. The van der Waals surface area contributed by atoms with Gasteiger partial charge in [0.15, 0.2) is 0 Å². The molecule has 0 heterocycles. The first-order chi connectivity index (χ1) is 7.32. The van der Waals surface area contributed by atoms with Gasteiger partial charge in [-0.15, -0.1) is 0 Å². The van der Waals surface area contributed by atoms with Crippen molar-refractivity contribution in [1.29, 1.82) is 0 Å². The highest BCUT2D eigenvalue weighted by atomic mass is 16.3. The Kier molecular flexibility index (Phi) is 3.71. The van der Waals surface area contributed by atoms with Crippen LogP contribution in [0.1, 0.15) is 64.7 Å². The summed E-state index contributed by atoms with van der Waals surface area (Å²) in [7, 11) is 0. The SMILES string of the molecule is CCC12CCCCCC1C(CO)CCC2. The third kappa shape index (κ3) is 2.08. The fourth-order valence-corrected chi connectivity index (χ4v) is 4.31. The van der Waals surface area contributed by atoms with Gasteiger partial charge in [0.1, 0.15) is 0 Å². The molecule has 3 unspecified atom stereocenters. The molecule has 0 amide bonds. The lowest BCUT2D eigenvalue weighted by atomic mass is 9.58. The number of hydrogen-bond donors (Lipinski definition) is 1. The van der Waals surface area contributed by atoms with Gasteiger partial charge in [-0.25, -0.2) is 0 Å². The molecule has 88 valence electrons. The quantitative estimate of drug-likeness (QED) is 0.736. The zero-order valence-corrected chi connectivity index (χ0v) is 10.2. The first-order valence-corrected chi connectivity index (χ1v) is 6.93. The van der Waals surface area contributed by atoms with Crippen molar-refractivity contribution in [1.82, 2.24) is 0 Å². The van der Waals surface area contributed by atoms with Gasteiger partial charge in [-0.1, -0.05) is 39.0 Å². The Balaban J connectivity index is 2.18. The number of aliphatic hydroxyl groups excluding tert-OH is 1. The first kappa shape index (κ1) is 11.4. The zero-order valence-electron chi connectivity index (χ0n) is 10.2. The van der Waals surface area contributed by atoms with E-state index in [2.05, 4.69) is 6.92 Å². The lowest BCUT2D eigenvalue weighted by Gasteiger charge is -2.47. The second-order valence-corrected chi connectivity index (χ2v) is 5.76. The molecule has 1 N–H and O–H groups in total. The minimum Gasteiger partial charge on any atom is -0.396 e. The van der Waals surface area contributed by atoms with E-state index >= 15 is 0 Å². The molecule has 1 nitrogen and oxygen atoms in total. The summed E-state index contributed by atoms with van der Waals surface area (Å²) in [6.07, 6.45) is 12.5. The van der Waals surface area contributed by atoms with E-state index in [9.17, 15) is 5.11 Å². The van der Waals surface area contributed by atoms with Crippen molar-refractivity contribution in [2.24, 2.45) is 17.3 Å². The maximum absolute atomic E-state index is 9.53. The molecule has 2 saturated carbocycles. The van der Waals surface area contributed by atoms with Crippen LogP contribution >= 0.6 is 0 Å². The molecule has 2 fully saturated rings. The molecule has 3 atom stereocenters. The third-order valence-electron chi connectivity index (χ3n) is 5.23. The second kappa shape index (κ2) is 4.86. The third-order valence-corrected chi connectivity index (χ3v) is 5.23. The fourth-order valence-electron chi connectivity index (χ4n) is 4.31. The van der Waals surface area contributed by atoms with E-state index in [4.69, 9.17) is 0 Å². The van der Waals surface area contributed by atoms with Gasteiger partial charge < -0.3 is 5.11 Å². The smallest absolute Gasteiger partial charge is 0.0462 e. The van der Waals surface area contributed by atoms with Crippen molar-refractivity contribution in [3.63, 3.8) is 0 Å². The molecule has 0 saturated heterocycles. The van der Waals surface area contributed by atoms with Gasteiger partial charge in [0.2, 0.25) is 0 Å². The van der Waals surface area contributed by atoms with E-state index in [-0.39, 0.29) is 0 Å². The second-order valence-electron chi connectivity index (χ2n) is 5.76. The van der Waals surface area contributed by atoms with Crippen LogP contribution in [0.4, 0.5) is 0 Å². The molecule has 0 radical (unpaired) electrons. The average Bonchev–Trinajstić information content (AvgIpc) is 2.51. The first-order valence-electron chi connectivity index (χ1n) is 6.93. The molecule has 0 bridgehead atoms. The number of rotatable bonds is 2. The topological polar surface area (TPSA) is 20.2 Å². The van der Waals surface area contributed by atoms with Gasteiger partial charge in [0.25, 0.3) is 0 Å². The van der Waals surface area contributed by atoms with Gasteiger partial charge in [0, 0.05) is 6.61 Å². The predicted molar refractivity (Wildman–Crippen MR) is 63.7 cm³/mol. The average molecular weight is 210 g/mol. The van der Waals surface area contributed by atoms with Crippen molar-refractivity contribution >= 4 is 0 Å². The molecule has 2 aliphatic rings. The summed E-state index contributed by atoms with van der Waals surface area (Å²) in [6, 6.07) is 0. The van der Waals surface area contributed by atoms with Gasteiger partial charge in [-0.05, 0) is 42.9 Å². The molecule has 0 aromatic carbocycles. The van der Waals surface area contributed by atoms with Gasteiger partial charge in [0.05, 0.1) is 0 Å². The predicted octanol–water partition coefficient (Wildman–Crippen LogP) is 3.76. The van der Waals surface area contributed by atoms with E-state index in [1.807, 2.05) is 0 Å². The van der Waals surface area contributed by atoms with Crippen LogP contribution in [-0.4, -0.2) is 11.7 Å². The number of aliphatic hydroxyl groups is 1. The molecule has 2 aliphatic carbocycles. The molecule has 0 spiro atoms. The van der Waals surface area contributed by atoms with E-state index in [0.29, 0.717) is 17.9 Å². The highest BCUT2D eigenvalue weighted by Crippen LogP contribution is 2.53. The molecule has 15 heavy (non-hydrogen) atoms. The van der Waals surface area contributed by atoms with Crippen molar-refractivity contribution in [2.45, 2.75) is 64.7 Å². The van der Waals surface area contributed by atoms with Crippen LogP contribution in [0.25, 0.3) is 0 Å². The van der Waals surface area contributed by atoms with Crippen molar-refractivity contribution in [3.8, 4) is 0 Å².